The zero-order valence-electron chi connectivity index (χ0n) is 12.7. The predicted octanol–water partition coefficient (Wildman–Crippen LogP) is 0.307. The highest BCUT2D eigenvalue weighted by Gasteiger charge is 2.37. The van der Waals surface area contributed by atoms with Crippen LogP contribution in [0.3, 0.4) is 0 Å². The molecule has 2 aliphatic rings. The van der Waals surface area contributed by atoms with E-state index in [0.29, 0.717) is 17.9 Å². The number of rotatable bonds is 3. The van der Waals surface area contributed by atoms with E-state index < -0.39 is 31.2 Å². The molecular weight excluding hydrogens is 304 g/mol. The van der Waals surface area contributed by atoms with Crippen molar-refractivity contribution in [3.63, 3.8) is 0 Å². The lowest BCUT2D eigenvalue weighted by molar-refractivity contribution is -0.229. The summed E-state index contributed by atoms with van der Waals surface area (Å²) in [5.41, 5.74) is 0.935. The third kappa shape index (κ3) is 3.32. The smallest absolute Gasteiger partial charge is 0.311 e. The normalized spacial score (nSPS) is 33.7. The van der Waals surface area contributed by atoms with E-state index in [4.69, 9.17) is 14.2 Å². The van der Waals surface area contributed by atoms with Crippen molar-refractivity contribution in [3.8, 4) is 11.5 Å². The largest absolute Gasteiger partial charge is 0.465 e. The molecule has 2 heterocycles. The highest BCUT2D eigenvalue weighted by atomic mass is 16.7. The summed E-state index contributed by atoms with van der Waals surface area (Å²) in [7, 11) is 0. The van der Waals surface area contributed by atoms with Crippen LogP contribution >= 0.6 is 0 Å². The quantitative estimate of drug-likeness (QED) is 0.543. The second-order valence-electron chi connectivity index (χ2n) is 5.98. The van der Waals surface area contributed by atoms with Crippen LogP contribution in [0.4, 0.5) is 0 Å². The maximum Gasteiger partial charge on any atom is 0.311 e. The minimum atomic E-state index is -1.15. The van der Waals surface area contributed by atoms with Gasteiger partial charge >= 0.3 is 5.97 Å². The van der Waals surface area contributed by atoms with Gasteiger partial charge in [0.05, 0.1) is 19.1 Å². The van der Waals surface area contributed by atoms with E-state index in [-0.39, 0.29) is 18.3 Å². The van der Waals surface area contributed by atoms with Gasteiger partial charge in [0.15, 0.2) is 0 Å². The molecule has 7 nitrogen and oxygen atoms in total. The molecule has 0 saturated carbocycles. The molecule has 1 aromatic carbocycles. The molecule has 126 valence electrons. The molecule has 2 aliphatic heterocycles. The number of esters is 1. The Balaban J connectivity index is 1.73. The molecule has 0 spiro atoms. The first-order chi connectivity index (χ1) is 11.0. The second-order valence-corrected chi connectivity index (χ2v) is 5.98. The number of aliphatic hydroxyl groups excluding tert-OH is 3. The Morgan fingerprint density at radius 3 is 2.87 bits per heavy atom. The summed E-state index contributed by atoms with van der Waals surface area (Å²) in [6.07, 6.45) is -3.47. The van der Waals surface area contributed by atoms with Crippen molar-refractivity contribution in [2.45, 2.75) is 50.3 Å². The minimum absolute atomic E-state index is 0.0743. The van der Waals surface area contributed by atoms with Crippen LogP contribution in [0.5, 0.6) is 11.5 Å². The zero-order chi connectivity index (χ0) is 16.6. The predicted molar refractivity (Wildman–Crippen MR) is 78.1 cm³/mol. The molecule has 23 heavy (non-hydrogen) atoms. The molecule has 0 aromatic heterocycles. The van der Waals surface area contributed by atoms with Crippen LogP contribution in [0, 0.1) is 0 Å². The highest BCUT2D eigenvalue weighted by Crippen LogP contribution is 2.37. The van der Waals surface area contributed by atoms with Crippen molar-refractivity contribution in [2.75, 3.05) is 6.61 Å². The summed E-state index contributed by atoms with van der Waals surface area (Å²) in [6, 6.07) is 5.18. The number of hydrogen-bond acceptors (Lipinski definition) is 7. The molecule has 0 aliphatic carbocycles. The van der Waals surface area contributed by atoms with Gasteiger partial charge in [-0.15, -0.1) is 0 Å². The van der Waals surface area contributed by atoms with Crippen LogP contribution < -0.4 is 9.47 Å². The van der Waals surface area contributed by atoms with Crippen molar-refractivity contribution < 1.29 is 34.3 Å². The number of hydrogen-bond donors (Lipinski definition) is 3. The fourth-order valence-electron chi connectivity index (χ4n) is 2.90. The molecule has 0 radical (unpaired) electrons. The number of fused-ring (bicyclic) bond motifs is 1. The lowest BCUT2D eigenvalue weighted by atomic mass is 9.95. The van der Waals surface area contributed by atoms with E-state index in [2.05, 4.69) is 0 Å². The topological polar surface area (TPSA) is 105 Å². The number of aliphatic hydroxyl groups is 3. The van der Waals surface area contributed by atoms with Crippen LogP contribution in [-0.2, 0) is 9.53 Å². The average molecular weight is 324 g/mol. The van der Waals surface area contributed by atoms with Gasteiger partial charge < -0.3 is 29.5 Å². The third-order valence-electron chi connectivity index (χ3n) is 4.20. The molecule has 1 aromatic rings. The molecule has 1 fully saturated rings. The summed E-state index contributed by atoms with van der Waals surface area (Å²) in [5, 5.41) is 28.7. The van der Waals surface area contributed by atoms with Gasteiger partial charge in [-0.1, -0.05) is 13.0 Å². The van der Waals surface area contributed by atoms with E-state index >= 15 is 0 Å². The summed E-state index contributed by atoms with van der Waals surface area (Å²) in [4.78, 5) is 11.5. The van der Waals surface area contributed by atoms with Gasteiger partial charge in [-0.3, -0.25) is 4.79 Å². The molecule has 7 heteroatoms. The van der Waals surface area contributed by atoms with Gasteiger partial charge in [-0.2, -0.15) is 0 Å². The molecular formula is C16H20O7. The van der Waals surface area contributed by atoms with Gasteiger partial charge in [0.2, 0.25) is 6.29 Å². The van der Waals surface area contributed by atoms with Crippen LogP contribution in [0.2, 0.25) is 0 Å². The monoisotopic (exact) mass is 324 g/mol. The van der Waals surface area contributed by atoms with E-state index in [1.165, 1.54) is 0 Å². The van der Waals surface area contributed by atoms with Crippen molar-refractivity contribution in [1.29, 1.82) is 0 Å². The van der Waals surface area contributed by atoms with Gasteiger partial charge in [-0.25, -0.2) is 0 Å². The van der Waals surface area contributed by atoms with E-state index in [9.17, 15) is 20.1 Å². The van der Waals surface area contributed by atoms with Crippen LogP contribution in [0.25, 0.3) is 0 Å². The van der Waals surface area contributed by atoms with Crippen molar-refractivity contribution in [2.24, 2.45) is 0 Å². The first kappa shape index (κ1) is 16.2. The third-order valence-corrected chi connectivity index (χ3v) is 4.20. The Kier molecular flexibility index (Phi) is 4.54. The molecule has 0 amide bonds. The Labute approximate surface area is 133 Å². The maximum atomic E-state index is 11.5. The summed E-state index contributed by atoms with van der Waals surface area (Å²) in [5.74, 6) is 0.689. The van der Waals surface area contributed by atoms with Crippen LogP contribution in [0.1, 0.15) is 31.2 Å². The molecule has 5 atom stereocenters. The number of carbonyl (C=O) groups excluding carboxylic acids is 1. The molecule has 2 unspecified atom stereocenters. The van der Waals surface area contributed by atoms with E-state index in [1.54, 1.807) is 12.1 Å². The minimum Gasteiger partial charge on any atom is -0.465 e. The zero-order valence-corrected chi connectivity index (χ0v) is 12.7. The Hall–Kier alpha value is -1.67. The summed E-state index contributed by atoms with van der Waals surface area (Å²) in [6.45, 7) is 1.53. The lowest BCUT2D eigenvalue weighted by Crippen LogP contribution is -2.51. The summed E-state index contributed by atoms with van der Waals surface area (Å²) >= 11 is 0. The molecule has 1 saturated heterocycles. The standard InChI is InChI=1S/C16H20O7/c1-8-4-14(19)22-12-5-9(2-3-10(8)12)21-15-6-11(18)16(20)13(7-17)23-15/h2-3,5,8,11,13,15-18,20H,4,6-7H2,1H3/t8?,11-,13?,15-,16+/m1/s1. The van der Waals surface area contributed by atoms with E-state index in [1.807, 2.05) is 13.0 Å². The molecule has 0 bridgehead atoms. The van der Waals surface area contributed by atoms with E-state index in [0.717, 1.165) is 5.56 Å². The Morgan fingerprint density at radius 2 is 2.13 bits per heavy atom. The van der Waals surface area contributed by atoms with Gasteiger partial charge in [0.1, 0.15) is 23.7 Å². The van der Waals surface area contributed by atoms with Gasteiger partial charge in [0.25, 0.3) is 0 Å². The van der Waals surface area contributed by atoms with Crippen molar-refractivity contribution in [1.82, 2.24) is 0 Å². The first-order valence-electron chi connectivity index (χ1n) is 7.61. The average Bonchev–Trinajstić information content (AvgIpc) is 2.50. The fourth-order valence-corrected chi connectivity index (χ4v) is 2.90. The molecule has 3 N–H and O–H groups in total. The Bertz CT molecular complexity index is 588. The summed E-state index contributed by atoms with van der Waals surface area (Å²) < 4.78 is 16.3. The van der Waals surface area contributed by atoms with Gasteiger partial charge in [-0.05, 0) is 17.5 Å². The van der Waals surface area contributed by atoms with Gasteiger partial charge in [0, 0.05) is 12.5 Å². The van der Waals surface area contributed by atoms with Crippen LogP contribution in [0.15, 0.2) is 18.2 Å². The maximum absolute atomic E-state index is 11.5. The Morgan fingerprint density at radius 1 is 1.35 bits per heavy atom. The molecule has 3 rings (SSSR count). The van der Waals surface area contributed by atoms with Crippen molar-refractivity contribution >= 4 is 5.97 Å². The fraction of sp³-hybridized carbons (Fsp3) is 0.562. The lowest BCUT2D eigenvalue weighted by Gasteiger charge is -2.36. The second kappa shape index (κ2) is 6.45. The van der Waals surface area contributed by atoms with Crippen LogP contribution in [-0.4, -0.2) is 52.5 Å². The SMILES string of the molecule is CC1CC(=O)Oc2cc(O[C@H]3C[C@@H](O)[C@H](O)C(CO)O3)ccc21. The number of carbonyl (C=O) groups is 1. The number of benzene rings is 1. The first-order valence-corrected chi connectivity index (χ1v) is 7.61. The van der Waals surface area contributed by atoms with Crippen molar-refractivity contribution in [3.05, 3.63) is 23.8 Å². The number of ether oxygens (including phenoxy) is 3. The highest BCUT2D eigenvalue weighted by molar-refractivity contribution is 5.76.